The Labute approximate surface area is 144 Å². The van der Waals surface area contributed by atoms with E-state index in [0.717, 1.165) is 24.1 Å². The highest BCUT2D eigenvalue weighted by molar-refractivity contribution is 6.18. The second-order valence-corrected chi connectivity index (χ2v) is 7.77. The fourth-order valence-corrected chi connectivity index (χ4v) is 3.14. The summed E-state index contributed by atoms with van der Waals surface area (Å²) in [6.07, 6.45) is 13.7. The molecule has 1 N–H and O–H groups in total. The lowest BCUT2D eigenvalue weighted by atomic mass is 9.91. The van der Waals surface area contributed by atoms with Gasteiger partial charge in [0.25, 0.3) is 0 Å². The molecule has 3 atom stereocenters. The fraction of sp³-hybridized carbons (Fsp3) is 0.900. The van der Waals surface area contributed by atoms with Gasteiger partial charge in [-0.15, -0.1) is 11.6 Å². The molecule has 0 fully saturated rings. The molecule has 0 saturated heterocycles. The number of rotatable bonds is 14. The number of allylic oxidation sites excluding steroid dienone is 1. The maximum absolute atomic E-state index is 8.84. The number of aliphatic hydroxyl groups is 1. The summed E-state index contributed by atoms with van der Waals surface area (Å²) >= 11 is 5.85. The standard InChI is InChI=1S/C20H39ClO/c1-17(10-6-12-19(3)14-15-22)8-5-9-18(2)11-7-13-20(4)16-21/h14,17-18,20,22H,5-13,15-16H2,1-4H3/t17-,18+,20?/m1/s1. The van der Waals surface area contributed by atoms with Gasteiger partial charge in [-0.3, -0.25) is 0 Å². The summed E-state index contributed by atoms with van der Waals surface area (Å²) in [5.74, 6) is 3.19. The molecular formula is C20H39ClO. The van der Waals surface area contributed by atoms with E-state index in [1.54, 1.807) is 0 Å². The molecule has 0 aliphatic heterocycles. The zero-order valence-corrected chi connectivity index (χ0v) is 16.2. The maximum atomic E-state index is 8.84. The predicted octanol–water partition coefficient (Wildman–Crippen LogP) is 6.58. The molecule has 2 heteroatoms. The first-order valence-corrected chi connectivity index (χ1v) is 9.85. The van der Waals surface area contributed by atoms with Gasteiger partial charge in [0.05, 0.1) is 6.61 Å². The molecule has 0 aliphatic carbocycles. The van der Waals surface area contributed by atoms with Crippen LogP contribution < -0.4 is 0 Å². The molecular weight excluding hydrogens is 292 g/mol. The second kappa shape index (κ2) is 14.6. The van der Waals surface area contributed by atoms with Crippen molar-refractivity contribution < 1.29 is 5.11 Å². The van der Waals surface area contributed by atoms with E-state index in [4.69, 9.17) is 16.7 Å². The summed E-state index contributed by atoms with van der Waals surface area (Å²) < 4.78 is 0. The van der Waals surface area contributed by atoms with Gasteiger partial charge in [0, 0.05) is 5.88 Å². The number of halogens is 1. The monoisotopic (exact) mass is 330 g/mol. The van der Waals surface area contributed by atoms with Crippen LogP contribution in [0.2, 0.25) is 0 Å². The third kappa shape index (κ3) is 13.6. The molecule has 0 spiro atoms. The zero-order valence-electron chi connectivity index (χ0n) is 15.4. The Balaban J connectivity index is 3.54. The van der Waals surface area contributed by atoms with Crippen molar-refractivity contribution in [2.75, 3.05) is 12.5 Å². The van der Waals surface area contributed by atoms with E-state index in [1.165, 1.54) is 56.9 Å². The summed E-state index contributed by atoms with van der Waals surface area (Å²) in [4.78, 5) is 0. The van der Waals surface area contributed by atoms with Gasteiger partial charge in [-0.25, -0.2) is 0 Å². The van der Waals surface area contributed by atoms with E-state index >= 15 is 0 Å². The van der Waals surface area contributed by atoms with Gasteiger partial charge in [-0.2, -0.15) is 0 Å². The Kier molecular flexibility index (Phi) is 14.6. The van der Waals surface area contributed by atoms with E-state index in [1.807, 2.05) is 6.08 Å². The summed E-state index contributed by atoms with van der Waals surface area (Å²) in [7, 11) is 0. The highest BCUT2D eigenvalue weighted by Crippen LogP contribution is 2.22. The third-order valence-corrected chi connectivity index (χ3v) is 5.29. The number of hydrogen-bond donors (Lipinski definition) is 1. The molecule has 0 saturated carbocycles. The van der Waals surface area contributed by atoms with E-state index in [-0.39, 0.29) is 6.61 Å². The normalized spacial score (nSPS) is 16.5. The van der Waals surface area contributed by atoms with Gasteiger partial charge in [-0.1, -0.05) is 70.9 Å². The van der Waals surface area contributed by atoms with Crippen molar-refractivity contribution in [2.45, 2.75) is 85.5 Å². The highest BCUT2D eigenvalue weighted by atomic mass is 35.5. The maximum Gasteiger partial charge on any atom is 0.0614 e. The Bertz CT molecular complexity index is 275. The molecule has 22 heavy (non-hydrogen) atoms. The van der Waals surface area contributed by atoms with Crippen molar-refractivity contribution in [3.8, 4) is 0 Å². The topological polar surface area (TPSA) is 20.2 Å². The molecule has 1 unspecified atom stereocenters. The Hall–Kier alpha value is -0.0100. The quantitative estimate of drug-likeness (QED) is 0.281. The van der Waals surface area contributed by atoms with Gasteiger partial charge < -0.3 is 5.11 Å². The average Bonchev–Trinajstić information content (AvgIpc) is 2.47. The van der Waals surface area contributed by atoms with Crippen molar-refractivity contribution >= 4 is 11.6 Å². The fourth-order valence-electron chi connectivity index (χ4n) is 2.98. The Morgan fingerprint density at radius 2 is 1.32 bits per heavy atom. The van der Waals surface area contributed by atoms with Gasteiger partial charge in [0.1, 0.15) is 0 Å². The van der Waals surface area contributed by atoms with E-state index in [2.05, 4.69) is 27.7 Å². The lowest BCUT2D eigenvalue weighted by Crippen LogP contribution is -2.01. The largest absolute Gasteiger partial charge is 0.392 e. The lowest BCUT2D eigenvalue weighted by Gasteiger charge is -2.15. The van der Waals surface area contributed by atoms with E-state index in [0.29, 0.717) is 5.92 Å². The highest BCUT2D eigenvalue weighted by Gasteiger charge is 2.07. The first kappa shape index (κ1) is 22.0. The summed E-state index contributed by atoms with van der Waals surface area (Å²) in [5.41, 5.74) is 1.33. The van der Waals surface area contributed by atoms with Crippen LogP contribution in [0.4, 0.5) is 0 Å². The minimum atomic E-state index is 0.183. The Morgan fingerprint density at radius 1 is 0.864 bits per heavy atom. The summed E-state index contributed by atoms with van der Waals surface area (Å²) in [6.45, 7) is 9.34. The van der Waals surface area contributed by atoms with Crippen LogP contribution in [0.5, 0.6) is 0 Å². The molecule has 0 aromatic rings. The van der Waals surface area contributed by atoms with Crippen LogP contribution in [0.3, 0.4) is 0 Å². The van der Waals surface area contributed by atoms with Gasteiger partial charge >= 0.3 is 0 Å². The van der Waals surface area contributed by atoms with Crippen molar-refractivity contribution in [3.63, 3.8) is 0 Å². The van der Waals surface area contributed by atoms with Crippen LogP contribution in [0, 0.1) is 17.8 Å². The first-order valence-electron chi connectivity index (χ1n) is 9.32. The average molecular weight is 331 g/mol. The van der Waals surface area contributed by atoms with Gasteiger partial charge in [-0.05, 0) is 43.9 Å². The lowest BCUT2D eigenvalue weighted by molar-refractivity contribution is 0.341. The number of aliphatic hydroxyl groups excluding tert-OH is 1. The van der Waals surface area contributed by atoms with E-state index < -0.39 is 0 Å². The molecule has 0 rings (SSSR count). The second-order valence-electron chi connectivity index (χ2n) is 7.46. The molecule has 0 aromatic heterocycles. The number of hydrogen-bond acceptors (Lipinski definition) is 1. The third-order valence-electron chi connectivity index (χ3n) is 4.76. The summed E-state index contributed by atoms with van der Waals surface area (Å²) in [6, 6.07) is 0. The molecule has 0 radical (unpaired) electrons. The Morgan fingerprint density at radius 3 is 1.77 bits per heavy atom. The summed E-state index contributed by atoms with van der Waals surface area (Å²) in [5, 5.41) is 8.84. The smallest absolute Gasteiger partial charge is 0.0614 e. The van der Waals surface area contributed by atoms with Crippen LogP contribution in [0.1, 0.15) is 85.5 Å². The van der Waals surface area contributed by atoms with Gasteiger partial charge in [0.15, 0.2) is 0 Å². The van der Waals surface area contributed by atoms with Crippen LogP contribution in [-0.2, 0) is 0 Å². The zero-order chi connectivity index (χ0) is 16.8. The van der Waals surface area contributed by atoms with Crippen LogP contribution >= 0.6 is 11.6 Å². The molecule has 0 aliphatic rings. The molecule has 0 amide bonds. The van der Waals surface area contributed by atoms with Crippen LogP contribution in [-0.4, -0.2) is 17.6 Å². The van der Waals surface area contributed by atoms with Crippen molar-refractivity contribution in [1.29, 1.82) is 0 Å². The minimum absolute atomic E-state index is 0.183. The predicted molar refractivity (Wildman–Crippen MR) is 101 cm³/mol. The molecule has 132 valence electrons. The molecule has 1 nitrogen and oxygen atoms in total. The number of alkyl halides is 1. The van der Waals surface area contributed by atoms with Crippen molar-refractivity contribution in [1.82, 2.24) is 0 Å². The van der Waals surface area contributed by atoms with E-state index in [9.17, 15) is 0 Å². The first-order chi connectivity index (χ1) is 10.5. The minimum Gasteiger partial charge on any atom is -0.392 e. The molecule has 0 aromatic carbocycles. The van der Waals surface area contributed by atoms with Crippen molar-refractivity contribution in [3.05, 3.63) is 11.6 Å². The van der Waals surface area contributed by atoms with Gasteiger partial charge in [0.2, 0.25) is 0 Å². The SMILES string of the molecule is CC(=CCO)CCC[C@H](C)CCC[C@H](C)CCCC(C)CCl. The van der Waals surface area contributed by atoms with Crippen LogP contribution in [0.15, 0.2) is 11.6 Å². The van der Waals surface area contributed by atoms with Crippen LogP contribution in [0.25, 0.3) is 0 Å². The molecule has 0 bridgehead atoms. The van der Waals surface area contributed by atoms with Crippen molar-refractivity contribution in [2.24, 2.45) is 17.8 Å². The molecule has 0 heterocycles.